The van der Waals surface area contributed by atoms with Crippen molar-refractivity contribution in [2.24, 2.45) is 5.92 Å². The first-order valence-corrected chi connectivity index (χ1v) is 6.11. The molecule has 8 heteroatoms. The van der Waals surface area contributed by atoms with Gasteiger partial charge in [-0.05, 0) is 25.4 Å². The normalized spacial score (nSPS) is 18.0. The Morgan fingerprint density at radius 3 is 2.85 bits per heavy atom. The van der Waals surface area contributed by atoms with Crippen LogP contribution in [0.2, 0.25) is 0 Å². The summed E-state index contributed by atoms with van der Waals surface area (Å²) in [6.45, 7) is 1.49. The fraction of sp³-hybridized carbons (Fsp3) is 0.417. The number of rotatable bonds is 4. The summed E-state index contributed by atoms with van der Waals surface area (Å²) in [6.07, 6.45) is 0.961. The summed E-state index contributed by atoms with van der Waals surface area (Å²) in [5.41, 5.74) is -1.38. The van der Waals surface area contributed by atoms with Gasteiger partial charge >= 0.3 is 0 Å². The molecule has 1 aromatic rings. The Morgan fingerprint density at radius 2 is 2.25 bits per heavy atom. The molecule has 1 unspecified atom stereocenters. The van der Waals surface area contributed by atoms with Crippen molar-refractivity contribution in [3.63, 3.8) is 0 Å². The standard InChI is InChI=1S/C12H13F2N3O3/c13-8-4-9(14)12(10(5-8)17(19)20)16-11(18)3-7-1-2-15-6-7/h4-5,7,15H,1-3,6H2,(H,16,18). The summed E-state index contributed by atoms with van der Waals surface area (Å²) in [5.74, 6) is -2.62. The number of anilines is 1. The second-order valence-corrected chi connectivity index (χ2v) is 4.65. The minimum atomic E-state index is -1.16. The third-order valence-corrected chi connectivity index (χ3v) is 3.13. The van der Waals surface area contributed by atoms with Crippen LogP contribution in [-0.2, 0) is 4.79 Å². The molecule has 2 N–H and O–H groups in total. The minimum Gasteiger partial charge on any atom is -0.318 e. The first-order valence-electron chi connectivity index (χ1n) is 6.11. The number of halogens is 2. The number of nitrogens with one attached hydrogen (secondary N) is 2. The topological polar surface area (TPSA) is 84.3 Å². The van der Waals surface area contributed by atoms with Crippen LogP contribution in [0.5, 0.6) is 0 Å². The lowest BCUT2D eigenvalue weighted by Crippen LogP contribution is -2.19. The number of hydrogen-bond donors (Lipinski definition) is 2. The van der Waals surface area contributed by atoms with Gasteiger partial charge in [0.05, 0.1) is 11.0 Å². The van der Waals surface area contributed by atoms with E-state index in [2.05, 4.69) is 10.6 Å². The van der Waals surface area contributed by atoms with Crippen LogP contribution in [-0.4, -0.2) is 23.9 Å². The largest absolute Gasteiger partial charge is 0.318 e. The van der Waals surface area contributed by atoms with Crippen LogP contribution >= 0.6 is 0 Å². The number of carbonyl (C=O) groups excluding carboxylic acids is 1. The summed E-state index contributed by atoms with van der Waals surface area (Å²) in [6, 6.07) is 1.08. The van der Waals surface area contributed by atoms with Crippen LogP contribution in [0.25, 0.3) is 0 Å². The Balaban J connectivity index is 2.15. The lowest BCUT2D eigenvalue weighted by molar-refractivity contribution is -0.384. The van der Waals surface area contributed by atoms with Gasteiger partial charge in [0.15, 0.2) is 11.5 Å². The van der Waals surface area contributed by atoms with Crippen LogP contribution in [0.4, 0.5) is 20.2 Å². The predicted molar refractivity (Wildman–Crippen MR) is 67.2 cm³/mol. The quantitative estimate of drug-likeness (QED) is 0.652. The number of nitro benzene ring substituents is 1. The molecular weight excluding hydrogens is 272 g/mol. The van der Waals surface area contributed by atoms with Gasteiger partial charge in [-0.2, -0.15) is 0 Å². The van der Waals surface area contributed by atoms with E-state index in [9.17, 15) is 23.7 Å². The van der Waals surface area contributed by atoms with E-state index in [0.29, 0.717) is 18.7 Å². The van der Waals surface area contributed by atoms with Crippen LogP contribution in [0, 0.1) is 27.7 Å². The molecule has 1 saturated heterocycles. The zero-order valence-corrected chi connectivity index (χ0v) is 10.5. The molecule has 0 bridgehead atoms. The summed E-state index contributed by atoms with van der Waals surface area (Å²) in [4.78, 5) is 21.6. The van der Waals surface area contributed by atoms with E-state index in [4.69, 9.17) is 0 Å². The van der Waals surface area contributed by atoms with E-state index >= 15 is 0 Å². The van der Waals surface area contributed by atoms with Crippen LogP contribution in [0.3, 0.4) is 0 Å². The second kappa shape index (κ2) is 5.91. The second-order valence-electron chi connectivity index (χ2n) is 4.65. The van der Waals surface area contributed by atoms with E-state index in [1.54, 1.807) is 0 Å². The van der Waals surface area contributed by atoms with Crippen molar-refractivity contribution < 1.29 is 18.5 Å². The number of nitrogens with zero attached hydrogens (tertiary/aromatic N) is 1. The van der Waals surface area contributed by atoms with Crippen molar-refractivity contribution >= 4 is 17.3 Å². The zero-order chi connectivity index (χ0) is 14.7. The summed E-state index contributed by atoms with van der Waals surface area (Å²) in [5, 5.41) is 16.0. The number of nitro groups is 1. The van der Waals surface area contributed by atoms with Gasteiger partial charge in [0, 0.05) is 12.5 Å². The SMILES string of the molecule is O=C(CC1CCNC1)Nc1c(F)cc(F)cc1[N+](=O)[O-]. The smallest absolute Gasteiger partial charge is 0.298 e. The van der Waals surface area contributed by atoms with E-state index in [1.165, 1.54) is 0 Å². The van der Waals surface area contributed by atoms with Crippen molar-refractivity contribution in [1.29, 1.82) is 0 Å². The van der Waals surface area contributed by atoms with E-state index < -0.39 is 33.8 Å². The maximum atomic E-state index is 13.6. The molecule has 108 valence electrons. The summed E-state index contributed by atoms with van der Waals surface area (Å²) in [7, 11) is 0. The Morgan fingerprint density at radius 1 is 1.50 bits per heavy atom. The lowest BCUT2D eigenvalue weighted by atomic mass is 10.0. The minimum absolute atomic E-state index is 0.123. The fourth-order valence-corrected chi connectivity index (χ4v) is 2.17. The molecule has 1 aliphatic heterocycles. The molecular formula is C12H13F2N3O3. The molecule has 0 aromatic heterocycles. The molecule has 0 saturated carbocycles. The molecule has 2 rings (SSSR count). The lowest BCUT2D eigenvalue weighted by Gasteiger charge is -2.10. The van der Waals surface area contributed by atoms with Gasteiger partial charge in [-0.25, -0.2) is 8.78 Å². The van der Waals surface area contributed by atoms with Crippen molar-refractivity contribution in [1.82, 2.24) is 5.32 Å². The molecule has 20 heavy (non-hydrogen) atoms. The average molecular weight is 285 g/mol. The molecule has 1 fully saturated rings. The van der Waals surface area contributed by atoms with Gasteiger partial charge in [-0.3, -0.25) is 14.9 Å². The summed E-state index contributed by atoms with van der Waals surface area (Å²) < 4.78 is 26.5. The van der Waals surface area contributed by atoms with E-state index in [0.717, 1.165) is 13.0 Å². The van der Waals surface area contributed by atoms with Gasteiger partial charge in [-0.1, -0.05) is 0 Å². The molecule has 1 aliphatic rings. The molecule has 1 amide bonds. The van der Waals surface area contributed by atoms with E-state index in [1.807, 2.05) is 0 Å². The number of hydrogen-bond acceptors (Lipinski definition) is 4. The molecule has 0 aliphatic carbocycles. The maximum absolute atomic E-state index is 13.6. The van der Waals surface area contributed by atoms with Crippen molar-refractivity contribution in [2.75, 3.05) is 18.4 Å². The Kier molecular flexibility index (Phi) is 4.23. The Bertz CT molecular complexity index is 545. The number of amides is 1. The highest BCUT2D eigenvalue weighted by atomic mass is 19.1. The Hall–Kier alpha value is -2.09. The van der Waals surface area contributed by atoms with Gasteiger partial charge < -0.3 is 10.6 Å². The molecule has 1 heterocycles. The zero-order valence-electron chi connectivity index (χ0n) is 10.5. The van der Waals surface area contributed by atoms with Gasteiger partial charge in [-0.15, -0.1) is 0 Å². The van der Waals surface area contributed by atoms with Crippen LogP contribution in [0.15, 0.2) is 12.1 Å². The van der Waals surface area contributed by atoms with Crippen molar-refractivity contribution in [2.45, 2.75) is 12.8 Å². The predicted octanol–water partition coefficient (Wildman–Crippen LogP) is 1.81. The highest BCUT2D eigenvalue weighted by Crippen LogP contribution is 2.29. The molecule has 0 radical (unpaired) electrons. The fourth-order valence-electron chi connectivity index (χ4n) is 2.17. The summed E-state index contributed by atoms with van der Waals surface area (Å²) >= 11 is 0. The molecule has 0 spiro atoms. The molecule has 6 nitrogen and oxygen atoms in total. The molecule has 1 atom stereocenters. The number of benzene rings is 1. The third kappa shape index (κ3) is 3.27. The Labute approximate surface area is 113 Å². The molecule has 1 aromatic carbocycles. The van der Waals surface area contributed by atoms with Crippen molar-refractivity contribution in [3.05, 3.63) is 33.9 Å². The number of carbonyl (C=O) groups is 1. The van der Waals surface area contributed by atoms with Gasteiger partial charge in [0.1, 0.15) is 5.82 Å². The van der Waals surface area contributed by atoms with E-state index in [-0.39, 0.29) is 12.3 Å². The van der Waals surface area contributed by atoms with Gasteiger partial charge in [0.2, 0.25) is 5.91 Å². The van der Waals surface area contributed by atoms with Crippen molar-refractivity contribution in [3.8, 4) is 0 Å². The average Bonchev–Trinajstić information content (AvgIpc) is 2.84. The first kappa shape index (κ1) is 14.3. The van der Waals surface area contributed by atoms with Crippen LogP contribution < -0.4 is 10.6 Å². The highest BCUT2D eigenvalue weighted by molar-refractivity contribution is 5.93. The highest BCUT2D eigenvalue weighted by Gasteiger charge is 2.24. The van der Waals surface area contributed by atoms with Crippen LogP contribution in [0.1, 0.15) is 12.8 Å². The maximum Gasteiger partial charge on any atom is 0.298 e. The van der Waals surface area contributed by atoms with Gasteiger partial charge in [0.25, 0.3) is 5.69 Å². The monoisotopic (exact) mass is 285 g/mol. The third-order valence-electron chi connectivity index (χ3n) is 3.13. The first-order chi connectivity index (χ1) is 9.47.